The number of benzene rings is 2. The number of fused-ring (bicyclic) bond motifs is 2. The molecule has 0 bridgehead atoms. The number of carbonyl (C=O) groups excluding carboxylic acids is 1. The van der Waals surface area contributed by atoms with Gasteiger partial charge in [-0.15, -0.1) is 0 Å². The first-order valence-electron chi connectivity index (χ1n) is 12.4. The Morgan fingerprint density at radius 2 is 0.781 bits per heavy atom. The first kappa shape index (κ1) is 23.3. The van der Waals surface area contributed by atoms with E-state index in [9.17, 15) is 4.79 Å². The van der Waals surface area contributed by atoms with Crippen LogP contribution in [0.5, 0.6) is 0 Å². The van der Waals surface area contributed by atoms with E-state index in [2.05, 4.69) is 93.5 Å². The Hall–Kier alpha value is -1.89. The predicted molar refractivity (Wildman–Crippen MR) is 136 cm³/mol. The summed E-state index contributed by atoms with van der Waals surface area (Å²) in [5, 5.41) is 0. The molecule has 0 N–H and O–H groups in total. The maximum Gasteiger partial charge on any atom is 0.193 e. The van der Waals surface area contributed by atoms with Crippen LogP contribution < -0.4 is 0 Å². The Kier molecular flexibility index (Phi) is 5.13. The average Bonchev–Trinajstić information content (AvgIpc) is 2.68. The third kappa shape index (κ3) is 3.57. The van der Waals surface area contributed by atoms with E-state index in [0.717, 1.165) is 35.1 Å². The molecular formula is C31H42O. The van der Waals surface area contributed by atoms with Gasteiger partial charge in [0.1, 0.15) is 0 Å². The molecule has 0 spiro atoms. The Labute approximate surface area is 196 Å². The molecule has 0 saturated heterocycles. The molecule has 0 aliphatic heterocycles. The van der Waals surface area contributed by atoms with Gasteiger partial charge >= 0.3 is 0 Å². The quantitative estimate of drug-likeness (QED) is 0.438. The molecule has 0 unspecified atom stereocenters. The molecule has 32 heavy (non-hydrogen) atoms. The van der Waals surface area contributed by atoms with E-state index in [1.807, 2.05) is 0 Å². The number of ketones is 1. The number of rotatable bonds is 2. The fourth-order valence-corrected chi connectivity index (χ4v) is 6.08. The third-order valence-electron chi connectivity index (χ3n) is 8.88. The fraction of sp³-hybridized carbons (Fsp3) is 0.581. The van der Waals surface area contributed by atoms with E-state index in [4.69, 9.17) is 0 Å². The monoisotopic (exact) mass is 430 g/mol. The van der Waals surface area contributed by atoms with Crippen molar-refractivity contribution in [2.45, 2.75) is 117 Å². The summed E-state index contributed by atoms with van der Waals surface area (Å²) in [5.41, 5.74) is 10.1. The van der Waals surface area contributed by atoms with Crippen LogP contribution in [0.4, 0.5) is 0 Å². The molecule has 2 aromatic rings. The van der Waals surface area contributed by atoms with Crippen molar-refractivity contribution in [1.82, 2.24) is 0 Å². The second kappa shape index (κ2) is 7.05. The first-order chi connectivity index (χ1) is 14.6. The number of carbonyl (C=O) groups is 1. The van der Waals surface area contributed by atoms with Crippen molar-refractivity contribution in [1.29, 1.82) is 0 Å². The molecule has 172 valence electrons. The molecule has 0 radical (unpaired) electrons. The molecule has 0 saturated carbocycles. The highest BCUT2D eigenvalue weighted by atomic mass is 16.1. The molecule has 1 heteroatoms. The van der Waals surface area contributed by atoms with Crippen LogP contribution in [0.15, 0.2) is 24.3 Å². The van der Waals surface area contributed by atoms with E-state index in [0.29, 0.717) is 0 Å². The normalized spacial score (nSPS) is 22.1. The van der Waals surface area contributed by atoms with E-state index in [1.165, 1.54) is 35.1 Å². The lowest BCUT2D eigenvalue weighted by molar-refractivity contribution is 0.103. The van der Waals surface area contributed by atoms with Crippen LogP contribution in [0.2, 0.25) is 0 Å². The van der Waals surface area contributed by atoms with Crippen molar-refractivity contribution in [3.63, 3.8) is 0 Å². The highest BCUT2D eigenvalue weighted by Crippen LogP contribution is 2.48. The van der Waals surface area contributed by atoms with Gasteiger partial charge in [0, 0.05) is 11.1 Å². The van der Waals surface area contributed by atoms with Gasteiger partial charge in [-0.3, -0.25) is 4.79 Å². The minimum atomic E-state index is 0.102. The highest BCUT2D eigenvalue weighted by Gasteiger charge is 2.40. The van der Waals surface area contributed by atoms with Crippen molar-refractivity contribution in [3.8, 4) is 0 Å². The standard InChI is InChI=1S/C31H42O/c1-19-15-23-25(30(7,8)13-11-28(23,3)4)17-21(19)27(32)22-18-26-24(16-20(22)2)29(5,6)12-14-31(26,9)10/h15-18H,11-14H2,1-10H3. The maximum absolute atomic E-state index is 14.0. The molecule has 2 aliphatic carbocycles. The van der Waals surface area contributed by atoms with Crippen LogP contribution in [0.25, 0.3) is 0 Å². The van der Waals surface area contributed by atoms with Gasteiger partial charge in [0.2, 0.25) is 0 Å². The molecule has 1 nitrogen and oxygen atoms in total. The van der Waals surface area contributed by atoms with Crippen LogP contribution in [-0.4, -0.2) is 5.78 Å². The summed E-state index contributed by atoms with van der Waals surface area (Å²) in [6.07, 6.45) is 4.69. The van der Waals surface area contributed by atoms with Crippen LogP contribution in [0, 0.1) is 13.8 Å². The summed E-state index contributed by atoms with van der Waals surface area (Å²) in [6.45, 7) is 23.0. The maximum atomic E-state index is 14.0. The topological polar surface area (TPSA) is 17.1 Å². The Bertz CT molecular complexity index is 1020. The average molecular weight is 431 g/mol. The van der Waals surface area contributed by atoms with Gasteiger partial charge in [0.15, 0.2) is 5.78 Å². The zero-order valence-electron chi connectivity index (χ0n) is 22.0. The lowest BCUT2D eigenvalue weighted by Gasteiger charge is -2.43. The lowest BCUT2D eigenvalue weighted by atomic mass is 9.62. The fourth-order valence-electron chi connectivity index (χ4n) is 6.08. The van der Waals surface area contributed by atoms with Crippen molar-refractivity contribution in [2.24, 2.45) is 0 Å². The second-order valence-electron chi connectivity index (χ2n) is 13.3. The molecule has 0 heterocycles. The van der Waals surface area contributed by atoms with Crippen molar-refractivity contribution < 1.29 is 4.79 Å². The van der Waals surface area contributed by atoms with Gasteiger partial charge in [0.05, 0.1) is 0 Å². The molecular weight excluding hydrogens is 388 g/mol. The number of hydrogen-bond donors (Lipinski definition) is 0. The lowest BCUT2D eigenvalue weighted by Crippen LogP contribution is -2.35. The molecule has 0 aromatic heterocycles. The highest BCUT2D eigenvalue weighted by molar-refractivity contribution is 6.11. The van der Waals surface area contributed by atoms with E-state index >= 15 is 0 Å². The van der Waals surface area contributed by atoms with Gasteiger partial charge in [-0.2, -0.15) is 0 Å². The minimum absolute atomic E-state index is 0.102. The SMILES string of the molecule is Cc1cc2c(cc1C(=O)c1cc3c(cc1C)C(C)(C)CCC3(C)C)C(C)(C)CCC2(C)C. The predicted octanol–water partition coefficient (Wildman–Crippen LogP) is 8.23. The van der Waals surface area contributed by atoms with Crippen LogP contribution in [-0.2, 0) is 21.7 Å². The minimum Gasteiger partial charge on any atom is -0.289 e. The van der Waals surface area contributed by atoms with Gasteiger partial charge in [-0.25, -0.2) is 0 Å². The van der Waals surface area contributed by atoms with Crippen LogP contribution in [0.3, 0.4) is 0 Å². The zero-order valence-corrected chi connectivity index (χ0v) is 22.0. The third-order valence-corrected chi connectivity index (χ3v) is 8.88. The van der Waals surface area contributed by atoms with E-state index in [1.54, 1.807) is 0 Å². The van der Waals surface area contributed by atoms with Crippen molar-refractivity contribution in [3.05, 3.63) is 68.8 Å². The summed E-state index contributed by atoms with van der Waals surface area (Å²) < 4.78 is 0. The van der Waals surface area contributed by atoms with Gasteiger partial charge in [0.25, 0.3) is 0 Å². The van der Waals surface area contributed by atoms with Crippen molar-refractivity contribution in [2.75, 3.05) is 0 Å². The number of aryl methyl sites for hydroxylation is 2. The van der Waals surface area contributed by atoms with Gasteiger partial charge in [-0.05, 0) is 107 Å². The van der Waals surface area contributed by atoms with Crippen molar-refractivity contribution >= 4 is 5.78 Å². The largest absolute Gasteiger partial charge is 0.289 e. The molecule has 2 aliphatic rings. The summed E-state index contributed by atoms with van der Waals surface area (Å²) in [7, 11) is 0. The summed E-state index contributed by atoms with van der Waals surface area (Å²) in [6, 6.07) is 9.10. The van der Waals surface area contributed by atoms with Gasteiger partial charge < -0.3 is 0 Å². The summed E-state index contributed by atoms with van der Waals surface area (Å²) in [4.78, 5) is 14.0. The Balaban J connectivity index is 1.88. The molecule has 2 aromatic carbocycles. The van der Waals surface area contributed by atoms with Crippen LogP contribution in [0.1, 0.15) is 130 Å². The smallest absolute Gasteiger partial charge is 0.193 e. The molecule has 0 atom stereocenters. The number of hydrogen-bond acceptors (Lipinski definition) is 1. The summed E-state index contributed by atoms with van der Waals surface area (Å²) in [5.74, 6) is 0.184. The van der Waals surface area contributed by atoms with Gasteiger partial charge in [-0.1, -0.05) is 67.5 Å². The molecule has 4 rings (SSSR count). The molecule has 0 fully saturated rings. The van der Waals surface area contributed by atoms with E-state index < -0.39 is 0 Å². The Morgan fingerprint density at radius 1 is 0.531 bits per heavy atom. The summed E-state index contributed by atoms with van der Waals surface area (Å²) >= 11 is 0. The molecule has 0 amide bonds. The zero-order chi connectivity index (χ0) is 23.9. The van der Waals surface area contributed by atoms with Crippen LogP contribution >= 0.6 is 0 Å². The second-order valence-corrected chi connectivity index (χ2v) is 13.3. The van der Waals surface area contributed by atoms with E-state index in [-0.39, 0.29) is 27.4 Å². The first-order valence-corrected chi connectivity index (χ1v) is 12.4. The Morgan fingerprint density at radius 3 is 1.06 bits per heavy atom.